The first-order valence-electron chi connectivity index (χ1n) is 10.7. The number of ether oxygens (including phenoxy) is 2. The molecule has 0 unspecified atom stereocenters. The van der Waals surface area contributed by atoms with Gasteiger partial charge in [-0.15, -0.1) is 5.10 Å². The fourth-order valence-corrected chi connectivity index (χ4v) is 3.36. The van der Waals surface area contributed by atoms with Crippen molar-refractivity contribution in [3.63, 3.8) is 0 Å². The summed E-state index contributed by atoms with van der Waals surface area (Å²) >= 11 is 0. The molecule has 0 fully saturated rings. The number of carboxylic acids is 1. The Morgan fingerprint density at radius 3 is 2.28 bits per heavy atom. The average molecular weight is 506 g/mol. The third kappa shape index (κ3) is 6.49. The Bertz CT molecular complexity index is 1180. The minimum Gasteiger partial charge on any atom is -0.496 e. The molecular formula is C23H25F3N6O4. The number of hydrogen-bond acceptors (Lipinski definition) is 9. The highest BCUT2D eigenvalue weighted by Crippen LogP contribution is 2.36. The average Bonchev–Trinajstić information content (AvgIpc) is 2.83. The van der Waals surface area contributed by atoms with Gasteiger partial charge in [0, 0.05) is 32.3 Å². The number of nitrogens with zero attached hydrogens (tertiary/aromatic N) is 5. The van der Waals surface area contributed by atoms with E-state index >= 15 is 0 Å². The molecule has 0 bridgehead atoms. The Labute approximate surface area is 205 Å². The van der Waals surface area contributed by atoms with Gasteiger partial charge in [0.1, 0.15) is 29.1 Å². The first kappa shape index (κ1) is 26.4. The lowest BCUT2D eigenvalue weighted by molar-refractivity contribution is -0.137. The molecule has 0 saturated heterocycles. The van der Waals surface area contributed by atoms with Crippen LogP contribution in [0.25, 0.3) is 11.3 Å². The molecule has 0 spiro atoms. The predicted octanol–water partition coefficient (Wildman–Crippen LogP) is 3.23. The molecule has 2 heterocycles. The summed E-state index contributed by atoms with van der Waals surface area (Å²) in [7, 11) is 6.24. The van der Waals surface area contributed by atoms with Crippen molar-refractivity contribution in [2.24, 2.45) is 0 Å². The molecule has 1 aromatic carbocycles. The number of carbonyl (C=O) groups is 1. The van der Waals surface area contributed by atoms with Crippen molar-refractivity contribution in [2.75, 3.05) is 38.5 Å². The molecule has 192 valence electrons. The Morgan fingerprint density at radius 2 is 1.78 bits per heavy atom. The summed E-state index contributed by atoms with van der Waals surface area (Å²) in [5.74, 6) is -0.363. The van der Waals surface area contributed by atoms with Crippen molar-refractivity contribution in [1.29, 1.82) is 0 Å². The van der Waals surface area contributed by atoms with Crippen molar-refractivity contribution in [3.8, 4) is 22.8 Å². The van der Waals surface area contributed by atoms with Gasteiger partial charge in [0.25, 0.3) is 0 Å². The summed E-state index contributed by atoms with van der Waals surface area (Å²) in [5.41, 5.74) is 1.03. The second kappa shape index (κ2) is 11.1. The van der Waals surface area contributed by atoms with Crippen LogP contribution < -0.4 is 19.7 Å². The SMILES string of the molecule is COc1cccc(OC)c1-c1ccc(C[C@H](Nc2nc(N(C)C)ncc2CC(F)(F)F)C(=O)O)nn1. The lowest BCUT2D eigenvalue weighted by Gasteiger charge is -2.20. The number of aromatic nitrogens is 4. The number of rotatable bonds is 10. The number of nitrogens with one attached hydrogen (secondary N) is 1. The maximum atomic E-state index is 13.1. The zero-order valence-electron chi connectivity index (χ0n) is 20.0. The van der Waals surface area contributed by atoms with Crippen LogP contribution >= 0.6 is 0 Å². The van der Waals surface area contributed by atoms with E-state index < -0.39 is 24.6 Å². The molecule has 2 N–H and O–H groups in total. The van der Waals surface area contributed by atoms with E-state index in [0.717, 1.165) is 6.20 Å². The number of carboxylic acid groups (broad SMARTS) is 1. The third-order valence-electron chi connectivity index (χ3n) is 5.07. The van der Waals surface area contributed by atoms with E-state index in [2.05, 4.69) is 25.5 Å². The first-order chi connectivity index (χ1) is 17.0. The van der Waals surface area contributed by atoms with E-state index in [-0.39, 0.29) is 23.8 Å². The largest absolute Gasteiger partial charge is 0.496 e. The summed E-state index contributed by atoms with van der Waals surface area (Å²) in [6.45, 7) is 0. The molecule has 10 nitrogen and oxygen atoms in total. The number of alkyl halides is 3. The number of hydrogen-bond donors (Lipinski definition) is 2. The van der Waals surface area contributed by atoms with Crippen LogP contribution in [0.3, 0.4) is 0 Å². The maximum absolute atomic E-state index is 13.1. The standard InChI is InChI=1S/C23H25F3N6O4/c1-32(2)22-27-12-13(11-23(24,25)26)20(29-22)28-16(21(33)34)10-14-8-9-15(31-30-14)19-17(35-3)6-5-7-18(19)36-4/h5-9,12,16H,10-11H2,1-4H3,(H,33,34)(H,27,28,29)/t16-/m0/s1. The van der Waals surface area contributed by atoms with E-state index in [4.69, 9.17) is 9.47 Å². The minimum absolute atomic E-state index is 0.127. The molecule has 3 rings (SSSR count). The number of anilines is 2. The fraction of sp³-hybridized carbons (Fsp3) is 0.348. The molecule has 13 heteroatoms. The van der Waals surface area contributed by atoms with E-state index in [1.165, 1.54) is 19.1 Å². The number of aliphatic carboxylic acids is 1. The fourth-order valence-electron chi connectivity index (χ4n) is 3.36. The highest BCUT2D eigenvalue weighted by atomic mass is 19.4. The summed E-state index contributed by atoms with van der Waals surface area (Å²) in [4.78, 5) is 21.5. The van der Waals surface area contributed by atoms with Crippen molar-refractivity contribution >= 4 is 17.7 Å². The van der Waals surface area contributed by atoms with Gasteiger partial charge in [0.05, 0.1) is 31.9 Å². The van der Waals surface area contributed by atoms with Gasteiger partial charge in [-0.2, -0.15) is 23.3 Å². The van der Waals surface area contributed by atoms with Gasteiger partial charge < -0.3 is 24.8 Å². The predicted molar refractivity (Wildman–Crippen MR) is 125 cm³/mol. The van der Waals surface area contributed by atoms with Gasteiger partial charge in [-0.1, -0.05) is 6.07 Å². The van der Waals surface area contributed by atoms with Crippen LogP contribution in [-0.4, -0.2) is 71.8 Å². The van der Waals surface area contributed by atoms with Crippen LogP contribution in [-0.2, 0) is 17.6 Å². The lowest BCUT2D eigenvalue weighted by atomic mass is 10.1. The minimum atomic E-state index is -4.53. The number of benzene rings is 1. The Hall–Kier alpha value is -4.16. The molecular weight excluding hydrogens is 481 g/mol. The molecule has 0 saturated carbocycles. The van der Waals surface area contributed by atoms with Crippen molar-refractivity contribution in [3.05, 3.63) is 47.8 Å². The Balaban J connectivity index is 1.88. The van der Waals surface area contributed by atoms with Gasteiger partial charge >= 0.3 is 12.1 Å². The third-order valence-corrected chi connectivity index (χ3v) is 5.07. The summed E-state index contributed by atoms with van der Waals surface area (Å²) in [5, 5.41) is 20.6. The zero-order chi connectivity index (χ0) is 26.5. The quantitative estimate of drug-likeness (QED) is 0.424. The van der Waals surface area contributed by atoms with Gasteiger partial charge in [0.2, 0.25) is 5.95 Å². The summed E-state index contributed by atoms with van der Waals surface area (Å²) in [6.07, 6.45) is -4.98. The van der Waals surface area contributed by atoms with E-state index in [1.807, 2.05) is 0 Å². The molecule has 36 heavy (non-hydrogen) atoms. The molecule has 3 aromatic rings. The molecule has 0 aliphatic rings. The first-order valence-corrected chi connectivity index (χ1v) is 10.7. The van der Waals surface area contributed by atoms with Crippen molar-refractivity contribution < 1.29 is 32.5 Å². The van der Waals surface area contributed by atoms with E-state index in [9.17, 15) is 23.1 Å². The molecule has 0 radical (unpaired) electrons. The van der Waals surface area contributed by atoms with E-state index in [0.29, 0.717) is 28.5 Å². The molecule has 1 atom stereocenters. The van der Waals surface area contributed by atoms with Gasteiger partial charge in [-0.3, -0.25) is 0 Å². The summed E-state index contributed by atoms with van der Waals surface area (Å²) in [6, 6.07) is 7.11. The van der Waals surface area contributed by atoms with Crippen LogP contribution in [0, 0.1) is 0 Å². The lowest BCUT2D eigenvalue weighted by Crippen LogP contribution is -2.33. The number of methoxy groups -OCH3 is 2. The molecule has 0 aliphatic carbocycles. The monoisotopic (exact) mass is 506 g/mol. The van der Waals surface area contributed by atoms with Gasteiger partial charge in [-0.05, 0) is 24.3 Å². The van der Waals surface area contributed by atoms with Gasteiger partial charge in [-0.25, -0.2) is 9.78 Å². The highest BCUT2D eigenvalue weighted by molar-refractivity contribution is 5.78. The molecule has 0 amide bonds. The zero-order valence-corrected chi connectivity index (χ0v) is 20.0. The van der Waals surface area contributed by atoms with Crippen LogP contribution in [0.15, 0.2) is 36.5 Å². The Kier molecular flexibility index (Phi) is 8.12. The van der Waals surface area contributed by atoms with Crippen LogP contribution in [0.1, 0.15) is 11.3 Å². The van der Waals surface area contributed by atoms with Crippen molar-refractivity contribution in [2.45, 2.75) is 25.1 Å². The van der Waals surface area contributed by atoms with Crippen LogP contribution in [0.5, 0.6) is 11.5 Å². The Morgan fingerprint density at radius 1 is 1.11 bits per heavy atom. The van der Waals surface area contributed by atoms with Crippen LogP contribution in [0.2, 0.25) is 0 Å². The normalized spacial score (nSPS) is 12.1. The highest BCUT2D eigenvalue weighted by Gasteiger charge is 2.31. The second-order valence-electron chi connectivity index (χ2n) is 7.92. The molecule has 2 aromatic heterocycles. The number of halogens is 3. The van der Waals surface area contributed by atoms with E-state index in [1.54, 1.807) is 44.4 Å². The van der Waals surface area contributed by atoms with Crippen molar-refractivity contribution in [1.82, 2.24) is 20.2 Å². The topological polar surface area (TPSA) is 123 Å². The smallest absolute Gasteiger partial charge is 0.393 e. The van der Waals surface area contributed by atoms with Crippen LogP contribution in [0.4, 0.5) is 24.9 Å². The second-order valence-corrected chi connectivity index (χ2v) is 7.92. The van der Waals surface area contributed by atoms with Gasteiger partial charge in [0.15, 0.2) is 0 Å². The summed E-state index contributed by atoms with van der Waals surface area (Å²) < 4.78 is 49.9. The molecule has 0 aliphatic heterocycles. The maximum Gasteiger partial charge on any atom is 0.393 e.